The molecular weight excluding hydrogens is 433 g/mol. The topological polar surface area (TPSA) is 111 Å². The van der Waals surface area contributed by atoms with Gasteiger partial charge < -0.3 is 19.3 Å². The van der Waals surface area contributed by atoms with E-state index in [-0.39, 0.29) is 36.6 Å². The molecule has 1 N–H and O–H groups in total. The molecule has 0 spiro atoms. The van der Waals surface area contributed by atoms with Gasteiger partial charge in [-0.25, -0.2) is 9.37 Å². The number of halogens is 1. The Hall–Kier alpha value is -3.47. The molecular formula is C23H20FN3O6. The third-order valence-electron chi connectivity index (χ3n) is 5.78. The lowest BCUT2D eigenvalue weighted by Crippen LogP contribution is -2.50. The van der Waals surface area contributed by atoms with Crippen LogP contribution in [0.1, 0.15) is 38.8 Å². The summed E-state index contributed by atoms with van der Waals surface area (Å²) in [5.41, 5.74) is 1.25. The van der Waals surface area contributed by atoms with Crippen LogP contribution in [0.5, 0.6) is 5.88 Å². The second-order valence-corrected chi connectivity index (χ2v) is 7.77. The zero-order valence-corrected chi connectivity index (χ0v) is 17.6. The van der Waals surface area contributed by atoms with E-state index in [9.17, 15) is 19.1 Å². The summed E-state index contributed by atoms with van der Waals surface area (Å²) in [7, 11) is 1.44. The second kappa shape index (κ2) is 8.47. The van der Waals surface area contributed by atoms with Crippen molar-refractivity contribution in [2.24, 2.45) is 0 Å². The van der Waals surface area contributed by atoms with Gasteiger partial charge in [0.05, 0.1) is 55.3 Å². The minimum atomic E-state index is -1.30. The number of benzene rings is 1. The normalized spacial score (nSPS) is 21.4. The minimum Gasteiger partial charge on any atom is -0.481 e. The molecule has 2 aromatic heterocycles. The molecule has 0 radical (unpaired) electrons. The average molecular weight is 453 g/mol. The van der Waals surface area contributed by atoms with Gasteiger partial charge in [0.15, 0.2) is 6.29 Å². The van der Waals surface area contributed by atoms with Crippen molar-refractivity contribution in [2.75, 3.05) is 20.3 Å². The average Bonchev–Trinajstić information content (AvgIpc) is 3.09. The Kier molecular flexibility index (Phi) is 5.49. The molecule has 2 aliphatic rings. The number of rotatable bonds is 5. The van der Waals surface area contributed by atoms with Gasteiger partial charge in [0, 0.05) is 18.1 Å². The lowest BCUT2D eigenvalue weighted by atomic mass is 10.0. The quantitative estimate of drug-likeness (QED) is 0.586. The van der Waals surface area contributed by atoms with Crippen molar-refractivity contribution >= 4 is 22.8 Å². The first-order valence-electron chi connectivity index (χ1n) is 10.3. The number of nitrogens with zero attached hydrogens (tertiary/aromatic N) is 3. The van der Waals surface area contributed by atoms with Crippen LogP contribution in [-0.2, 0) is 9.47 Å². The maximum Gasteiger partial charge on any atom is 0.261 e. The summed E-state index contributed by atoms with van der Waals surface area (Å²) in [5.74, 6) is -1.24. The Morgan fingerprint density at radius 3 is 2.45 bits per heavy atom. The summed E-state index contributed by atoms with van der Waals surface area (Å²) in [6.45, 7) is 0.0724. The number of fused-ring (bicyclic) bond motifs is 2. The Morgan fingerprint density at radius 2 is 1.82 bits per heavy atom. The van der Waals surface area contributed by atoms with E-state index in [0.29, 0.717) is 16.6 Å². The number of aromatic nitrogens is 2. The minimum absolute atomic E-state index is 0.0337. The highest BCUT2D eigenvalue weighted by Gasteiger charge is 2.42. The van der Waals surface area contributed by atoms with Crippen molar-refractivity contribution in [1.82, 2.24) is 14.9 Å². The number of amides is 2. The van der Waals surface area contributed by atoms with Crippen LogP contribution in [0.25, 0.3) is 11.0 Å². The SMILES string of the molecule is COc1ccc2ncc(F)c([C@@H](O)C[C@H]3OC[C@H](N4C(=O)c5ccccc5C4=O)CO3)c2n1. The number of carbonyl (C=O) groups is 2. The molecule has 0 unspecified atom stereocenters. The summed E-state index contributed by atoms with van der Waals surface area (Å²) in [6, 6.07) is 9.23. The summed E-state index contributed by atoms with van der Waals surface area (Å²) in [5, 5.41) is 10.8. The van der Waals surface area contributed by atoms with Crippen molar-refractivity contribution in [2.45, 2.75) is 24.9 Å². The van der Waals surface area contributed by atoms with Crippen LogP contribution in [0.2, 0.25) is 0 Å². The maximum absolute atomic E-state index is 14.6. The highest BCUT2D eigenvalue weighted by Crippen LogP contribution is 2.31. The second-order valence-electron chi connectivity index (χ2n) is 7.77. The molecule has 2 aliphatic heterocycles. The molecule has 1 atom stereocenters. The van der Waals surface area contributed by atoms with Gasteiger partial charge in [-0.1, -0.05) is 12.1 Å². The molecule has 0 aliphatic carbocycles. The van der Waals surface area contributed by atoms with Crippen LogP contribution in [0.4, 0.5) is 4.39 Å². The van der Waals surface area contributed by atoms with Gasteiger partial charge in [0.2, 0.25) is 5.88 Å². The number of hydrogen-bond acceptors (Lipinski definition) is 8. The Morgan fingerprint density at radius 1 is 1.15 bits per heavy atom. The summed E-state index contributed by atoms with van der Waals surface area (Å²) < 4.78 is 31.0. The zero-order valence-electron chi connectivity index (χ0n) is 17.6. The molecule has 1 aromatic carbocycles. The van der Waals surface area contributed by atoms with Crippen LogP contribution in [0, 0.1) is 5.82 Å². The van der Waals surface area contributed by atoms with Gasteiger partial charge in [-0.3, -0.25) is 19.5 Å². The van der Waals surface area contributed by atoms with Crippen molar-refractivity contribution < 1.29 is 33.3 Å². The number of carbonyl (C=O) groups excluding carboxylic acids is 2. The van der Waals surface area contributed by atoms with Gasteiger partial charge in [-0.2, -0.15) is 0 Å². The van der Waals surface area contributed by atoms with E-state index in [2.05, 4.69) is 9.97 Å². The Labute approximate surface area is 187 Å². The number of imide groups is 1. The molecule has 9 nitrogen and oxygen atoms in total. The van der Waals surface area contributed by atoms with Gasteiger partial charge in [0.1, 0.15) is 11.3 Å². The third-order valence-corrected chi connectivity index (χ3v) is 5.78. The summed E-state index contributed by atoms with van der Waals surface area (Å²) >= 11 is 0. The van der Waals surface area contributed by atoms with Crippen LogP contribution < -0.4 is 4.74 Å². The smallest absolute Gasteiger partial charge is 0.261 e. The predicted molar refractivity (Wildman–Crippen MR) is 112 cm³/mol. The van der Waals surface area contributed by atoms with Gasteiger partial charge in [0.25, 0.3) is 11.8 Å². The van der Waals surface area contributed by atoms with Crippen LogP contribution in [0.3, 0.4) is 0 Å². The maximum atomic E-state index is 14.6. The molecule has 33 heavy (non-hydrogen) atoms. The van der Waals surface area contributed by atoms with E-state index in [1.165, 1.54) is 7.11 Å². The van der Waals surface area contributed by atoms with Gasteiger partial charge in [-0.15, -0.1) is 0 Å². The van der Waals surface area contributed by atoms with Gasteiger partial charge in [-0.05, 0) is 18.2 Å². The molecule has 170 valence electrons. The fourth-order valence-electron chi connectivity index (χ4n) is 4.13. The monoisotopic (exact) mass is 453 g/mol. The Bertz CT molecular complexity index is 1210. The van der Waals surface area contributed by atoms with E-state index in [1.54, 1.807) is 36.4 Å². The first-order chi connectivity index (χ1) is 16.0. The molecule has 5 rings (SSSR count). The number of pyridine rings is 2. The van der Waals surface area contributed by atoms with Crippen molar-refractivity contribution in [3.63, 3.8) is 0 Å². The predicted octanol–water partition coefficient (Wildman–Crippen LogP) is 2.24. The van der Waals surface area contributed by atoms with E-state index >= 15 is 0 Å². The van der Waals surface area contributed by atoms with E-state index < -0.39 is 36.1 Å². The fraction of sp³-hybridized carbons (Fsp3) is 0.304. The zero-order chi connectivity index (χ0) is 23.1. The van der Waals surface area contributed by atoms with Crippen molar-refractivity contribution in [3.8, 4) is 5.88 Å². The standard InChI is InChI=1S/C23H20FN3O6/c1-31-18-7-6-16-21(26-18)20(15(24)9-25-16)17(28)8-19-32-10-12(11-33-19)27-22(29)13-4-2-3-5-14(13)23(27)30/h2-7,9,12,17,19,28H,8,10-11H2,1H3/t12-,17-,19-/m0/s1. The molecule has 3 aromatic rings. The summed E-state index contributed by atoms with van der Waals surface area (Å²) in [6.07, 6.45) is -1.21. The van der Waals surface area contributed by atoms with Crippen LogP contribution in [0.15, 0.2) is 42.6 Å². The largest absolute Gasteiger partial charge is 0.481 e. The molecule has 1 saturated heterocycles. The van der Waals surface area contributed by atoms with E-state index in [4.69, 9.17) is 14.2 Å². The summed E-state index contributed by atoms with van der Waals surface area (Å²) in [4.78, 5) is 34.7. The van der Waals surface area contributed by atoms with Crippen LogP contribution in [-0.4, -0.2) is 64.4 Å². The lowest BCUT2D eigenvalue weighted by molar-refractivity contribution is -0.208. The van der Waals surface area contributed by atoms with E-state index in [1.807, 2.05) is 0 Å². The highest BCUT2D eigenvalue weighted by atomic mass is 19.1. The van der Waals surface area contributed by atoms with Crippen LogP contribution >= 0.6 is 0 Å². The molecule has 4 heterocycles. The van der Waals surface area contributed by atoms with Crippen molar-refractivity contribution in [1.29, 1.82) is 0 Å². The molecule has 0 bridgehead atoms. The number of hydrogen-bond donors (Lipinski definition) is 1. The highest BCUT2D eigenvalue weighted by molar-refractivity contribution is 6.21. The molecule has 1 fully saturated rings. The van der Waals surface area contributed by atoms with Crippen molar-refractivity contribution in [3.05, 3.63) is 65.1 Å². The van der Waals surface area contributed by atoms with E-state index in [0.717, 1.165) is 11.1 Å². The number of ether oxygens (including phenoxy) is 3. The molecule has 0 saturated carbocycles. The lowest BCUT2D eigenvalue weighted by Gasteiger charge is -2.34. The third kappa shape index (κ3) is 3.71. The molecule has 10 heteroatoms. The number of aliphatic hydroxyl groups excluding tert-OH is 1. The van der Waals surface area contributed by atoms with Gasteiger partial charge >= 0.3 is 0 Å². The Balaban J connectivity index is 1.28. The number of methoxy groups -OCH3 is 1. The number of aliphatic hydroxyl groups is 1. The molecule has 2 amide bonds. The fourth-order valence-corrected chi connectivity index (χ4v) is 4.13. The first-order valence-corrected chi connectivity index (χ1v) is 10.3. The first kappa shape index (κ1) is 21.4.